The van der Waals surface area contributed by atoms with Crippen molar-refractivity contribution in [1.29, 1.82) is 0 Å². The fourth-order valence-electron chi connectivity index (χ4n) is 3.04. The molecule has 1 aromatic carbocycles. The molecule has 16 heavy (non-hydrogen) atoms. The first-order valence-electron chi connectivity index (χ1n) is 6.12. The minimum Gasteiger partial charge on any atom is -0.370 e. The van der Waals surface area contributed by atoms with E-state index in [-0.39, 0.29) is 5.60 Å². The van der Waals surface area contributed by atoms with Gasteiger partial charge in [-0.05, 0) is 31.2 Å². The second-order valence-electron chi connectivity index (χ2n) is 5.28. The summed E-state index contributed by atoms with van der Waals surface area (Å²) in [5.41, 5.74) is 1.35. The number of fused-ring (bicyclic) bond motifs is 2. The maximum absolute atomic E-state index is 6.16. The van der Waals surface area contributed by atoms with Crippen LogP contribution in [0.15, 0.2) is 42.5 Å². The van der Waals surface area contributed by atoms with E-state index in [0.29, 0.717) is 5.92 Å². The van der Waals surface area contributed by atoms with E-state index in [2.05, 4.69) is 43.3 Å². The van der Waals surface area contributed by atoms with Gasteiger partial charge in [-0.25, -0.2) is 0 Å². The summed E-state index contributed by atoms with van der Waals surface area (Å²) in [6.45, 7) is 3.01. The van der Waals surface area contributed by atoms with Crippen LogP contribution < -0.4 is 0 Å². The third kappa shape index (κ3) is 1.69. The van der Waals surface area contributed by atoms with Gasteiger partial charge >= 0.3 is 0 Å². The zero-order valence-electron chi connectivity index (χ0n) is 9.73. The molecule has 84 valence electrons. The molecule has 0 aromatic heterocycles. The summed E-state index contributed by atoms with van der Waals surface area (Å²) in [5, 5.41) is 0. The highest BCUT2D eigenvalue weighted by atomic mass is 16.5. The predicted molar refractivity (Wildman–Crippen MR) is 65.0 cm³/mol. The fourth-order valence-corrected chi connectivity index (χ4v) is 3.04. The quantitative estimate of drug-likeness (QED) is 0.699. The molecule has 1 aromatic rings. The average Bonchev–Trinajstić information content (AvgIpc) is 2.88. The number of hydrogen-bond donors (Lipinski definition) is 0. The molecule has 3 rings (SSSR count). The molecule has 1 nitrogen and oxygen atoms in total. The van der Waals surface area contributed by atoms with Crippen molar-refractivity contribution in [1.82, 2.24) is 0 Å². The van der Waals surface area contributed by atoms with Gasteiger partial charge < -0.3 is 4.74 Å². The van der Waals surface area contributed by atoms with E-state index in [1.165, 1.54) is 18.4 Å². The molecule has 0 spiro atoms. The van der Waals surface area contributed by atoms with Crippen molar-refractivity contribution in [2.75, 3.05) is 0 Å². The van der Waals surface area contributed by atoms with Gasteiger partial charge in [0, 0.05) is 5.92 Å². The van der Waals surface area contributed by atoms with Crippen molar-refractivity contribution in [3.8, 4) is 0 Å². The van der Waals surface area contributed by atoms with Crippen LogP contribution >= 0.6 is 0 Å². The second-order valence-corrected chi connectivity index (χ2v) is 5.28. The van der Waals surface area contributed by atoms with Crippen LogP contribution in [0, 0.1) is 11.8 Å². The van der Waals surface area contributed by atoms with Gasteiger partial charge in [0.15, 0.2) is 0 Å². The molecule has 3 atom stereocenters. The molecule has 0 aliphatic heterocycles. The van der Waals surface area contributed by atoms with Crippen molar-refractivity contribution in [2.45, 2.75) is 32.0 Å². The Hall–Kier alpha value is -1.08. The van der Waals surface area contributed by atoms with Crippen LogP contribution in [-0.4, -0.2) is 5.60 Å². The zero-order valence-corrected chi connectivity index (χ0v) is 9.73. The summed E-state index contributed by atoms with van der Waals surface area (Å²) in [6, 6.07) is 10.5. The number of allylic oxidation sites excluding steroid dienone is 1. The Balaban J connectivity index is 1.66. The third-order valence-electron chi connectivity index (χ3n) is 4.04. The van der Waals surface area contributed by atoms with E-state index in [4.69, 9.17) is 4.74 Å². The summed E-state index contributed by atoms with van der Waals surface area (Å²) in [7, 11) is 0. The molecule has 0 saturated heterocycles. The standard InChI is InChI=1S/C15H18O/c1-15(10-13-7-8-14(15)9-13)16-11-12-5-3-2-4-6-12/h2-8,13-14H,9-11H2,1H3. The van der Waals surface area contributed by atoms with Crippen LogP contribution in [0.1, 0.15) is 25.3 Å². The minimum absolute atomic E-state index is 0.0786. The summed E-state index contributed by atoms with van der Waals surface area (Å²) in [4.78, 5) is 0. The maximum Gasteiger partial charge on any atom is 0.0727 e. The van der Waals surface area contributed by atoms with Crippen molar-refractivity contribution >= 4 is 0 Å². The molecule has 2 aliphatic rings. The SMILES string of the molecule is CC1(OCc2ccccc2)CC2C=CC1C2. The Labute approximate surface area is 97.1 Å². The molecule has 0 N–H and O–H groups in total. The smallest absolute Gasteiger partial charge is 0.0727 e. The first kappa shape index (κ1) is 10.1. The average molecular weight is 214 g/mol. The highest BCUT2D eigenvalue weighted by Crippen LogP contribution is 2.48. The van der Waals surface area contributed by atoms with Crippen LogP contribution in [0.25, 0.3) is 0 Å². The van der Waals surface area contributed by atoms with E-state index >= 15 is 0 Å². The number of benzene rings is 1. The first-order valence-corrected chi connectivity index (χ1v) is 6.12. The van der Waals surface area contributed by atoms with Crippen LogP contribution in [0.5, 0.6) is 0 Å². The lowest BCUT2D eigenvalue weighted by atomic mass is 9.90. The summed E-state index contributed by atoms with van der Waals surface area (Å²) in [5.74, 6) is 1.41. The molecule has 1 heteroatoms. The Morgan fingerprint density at radius 3 is 2.69 bits per heavy atom. The molecule has 2 aliphatic carbocycles. The molecule has 2 bridgehead atoms. The summed E-state index contributed by atoms with van der Waals surface area (Å²) >= 11 is 0. The van der Waals surface area contributed by atoms with Gasteiger partial charge in [0.25, 0.3) is 0 Å². The van der Waals surface area contributed by atoms with Crippen molar-refractivity contribution < 1.29 is 4.74 Å². The van der Waals surface area contributed by atoms with Crippen LogP contribution in [0.4, 0.5) is 0 Å². The number of hydrogen-bond acceptors (Lipinski definition) is 1. The highest BCUT2D eigenvalue weighted by Gasteiger charge is 2.45. The van der Waals surface area contributed by atoms with E-state index in [1.807, 2.05) is 6.07 Å². The Bertz CT molecular complexity index is 395. The number of ether oxygens (including phenoxy) is 1. The molecule has 0 heterocycles. The van der Waals surface area contributed by atoms with E-state index in [1.54, 1.807) is 0 Å². The van der Waals surface area contributed by atoms with Gasteiger partial charge in [-0.15, -0.1) is 0 Å². The van der Waals surface area contributed by atoms with Crippen LogP contribution in [-0.2, 0) is 11.3 Å². The van der Waals surface area contributed by atoms with Crippen LogP contribution in [0.2, 0.25) is 0 Å². The van der Waals surface area contributed by atoms with Gasteiger partial charge in [-0.1, -0.05) is 42.5 Å². The monoisotopic (exact) mass is 214 g/mol. The van der Waals surface area contributed by atoms with Crippen molar-refractivity contribution in [2.24, 2.45) is 11.8 Å². The first-order chi connectivity index (χ1) is 7.76. The van der Waals surface area contributed by atoms with Gasteiger partial charge in [0.2, 0.25) is 0 Å². The maximum atomic E-state index is 6.16. The number of rotatable bonds is 3. The van der Waals surface area contributed by atoms with Gasteiger partial charge in [0.1, 0.15) is 0 Å². The van der Waals surface area contributed by atoms with Gasteiger partial charge in [0.05, 0.1) is 12.2 Å². The van der Waals surface area contributed by atoms with E-state index in [9.17, 15) is 0 Å². The topological polar surface area (TPSA) is 9.23 Å². The lowest BCUT2D eigenvalue weighted by molar-refractivity contribution is -0.0608. The predicted octanol–water partition coefficient (Wildman–Crippen LogP) is 3.56. The molecule has 3 unspecified atom stereocenters. The lowest BCUT2D eigenvalue weighted by Crippen LogP contribution is -2.33. The van der Waals surface area contributed by atoms with Gasteiger partial charge in [-0.2, -0.15) is 0 Å². The van der Waals surface area contributed by atoms with Crippen molar-refractivity contribution in [3.05, 3.63) is 48.0 Å². The van der Waals surface area contributed by atoms with Crippen LogP contribution in [0.3, 0.4) is 0 Å². The Kier molecular flexibility index (Phi) is 2.36. The van der Waals surface area contributed by atoms with Gasteiger partial charge in [-0.3, -0.25) is 0 Å². The third-order valence-corrected chi connectivity index (χ3v) is 4.04. The highest BCUT2D eigenvalue weighted by molar-refractivity contribution is 5.17. The molecule has 1 fully saturated rings. The van der Waals surface area contributed by atoms with Crippen molar-refractivity contribution in [3.63, 3.8) is 0 Å². The molecular weight excluding hydrogens is 196 g/mol. The second kappa shape index (κ2) is 3.74. The largest absolute Gasteiger partial charge is 0.370 e. The summed E-state index contributed by atoms with van der Waals surface area (Å²) in [6.07, 6.45) is 7.20. The Morgan fingerprint density at radius 1 is 1.25 bits per heavy atom. The Morgan fingerprint density at radius 2 is 2.06 bits per heavy atom. The minimum atomic E-state index is 0.0786. The van der Waals surface area contributed by atoms with E-state index < -0.39 is 0 Å². The molecule has 0 amide bonds. The normalized spacial score (nSPS) is 35.8. The molecular formula is C15H18O. The molecule has 1 saturated carbocycles. The van der Waals surface area contributed by atoms with E-state index in [0.717, 1.165) is 12.5 Å². The lowest BCUT2D eigenvalue weighted by Gasteiger charge is -2.31. The fraction of sp³-hybridized carbons (Fsp3) is 0.467. The molecule has 0 radical (unpaired) electrons. The summed E-state index contributed by atoms with van der Waals surface area (Å²) < 4.78 is 6.16. The zero-order chi connectivity index (χ0) is 11.0.